The van der Waals surface area contributed by atoms with Crippen molar-refractivity contribution in [2.24, 2.45) is 10.8 Å². The van der Waals surface area contributed by atoms with Crippen molar-refractivity contribution in [1.82, 2.24) is 0 Å². The summed E-state index contributed by atoms with van der Waals surface area (Å²) >= 11 is 5.90. The molecule has 164 valence electrons. The molecule has 6 heteroatoms. The van der Waals surface area contributed by atoms with Crippen LogP contribution in [0.15, 0.2) is 42.0 Å². The standard InChI is InChI=1S/C25H24ClF3O2/c1-13-7-8-15(16-9-10-18(19(26)12-16)25(27,28)29)11-17(13)20-14(2)23(3,4)22(31)24(5,6)21(20)30/h7-12H,1-6H3. The minimum Gasteiger partial charge on any atom is -0.298 e. The quantitative estimate of drug-likeness (QED) is 0.451. The molecule has 1 aliphatic carbocycles. The molecule has 0 amide bonds. The lowest BCUT2D eigenvalue weighted by Gasteiger charge is -2.40. The van der Waals surface area contributed by atoms with Gasteiger partial charge in [-0.25, -0.2) is 0 Å². The number of rotatable bonds is 2. The number of Topliss-reactive ketones (excluding diaryl/α,β-unsaturated/α-hetero) is 2. The fourth-order valence-corrected chi connectivity index (χ4v) is 4.46. The Morgan fingerprint density at radius 2 is 1.39 bits per heavy atom. The van der Waals surface area contributed by atoms with E-state index in [4.69, 9.17) is 11.6 Å². The maximum Gasteiger partial charge on any atom is 0.417 e. The Morgan fingerprint density at radius 3 is 1.94 bits per heavy atom. The van der Waals surface area contributed by atoms with Crippen molar-refractivity contribution >= 4 is 28.7 Å². The van der Waals surface area contributed by atoms with Crippen LogP contribution in [0.1, 0.15) is 51.3 Å². The SMILES string of the molecule is CC1=C(c2cc(-c3ccc(C(F)(F)F)c(Cl)c3)ccc2C)C(=O)C(C)(C)C(=O)C1(C)C. The van der Waals surface area contributed by atoms with Gasteiger partial charge in [-0.3, -0.25) is 9.59 Å². The molecule has 0 N–H and O–H groups in total. The summed E-state index contributed by atoms with van der Waals surface area (Å²) in [5.74, 6) is -0.380. The van der Waals surface area contributed by atoms with Gasteiger partial charge in [0.1, 0.15) is 0 Å². The summed E-state index contributed by atoms with van der Waals surface area (Å²) in [5.41, 5.74) is 0.959. The van der Waals surface area contributed by atoms with E-state index in [0.29, 0.717) is 27.8 Å². The molecule has 2 nitrogen and oxygen atoms in total. The normalized spacial score (nSPS) is 18.5. The molecular weight excluding hydrogens is 425 g/mol. The van der Waals surface area contributed by atoms with Crippen molar-refractivity contribution in [1.29, 1.82) is 0 Å². The molecule has 0 fully saturated rings. The fraction of sp³-hybridized carbons (Fsp3) is 0.360. The Kier molecular flexibility index (Phi) is 5.50. The number of hydrogen-bond donors (Lipinski definition) is 0. The summed E-state index contributed by atoms with van der Waals surface area (Å²) < 4.78 is 39.2. The lowest BCUT2D eigenvalue weighted by molar-refractivity contribution is -0.142. The van der Waals surface area contributed by atoms with Gasteiger partial charge < -0.3 is 0 Å². The first-order valence-electron chi connectivity index (χ1n) is 9.89. The zero-order chi connectivity index (χ0) is 23.5. The second-order valence-electron chi connectivity index (χ2n) is 9.13. The zero-order valence-corrected chi connectivity index (χ0v) is 19.0. The third-order valence-electron chi connectivity index (χ3n) is 6.36. The second kappa shape index (κ2) is 7.33. The average molecular weight is 449 g/mol. The summed E-state index contributed by atoms with van der Waals surface area (Å²) in [5, 5.41) is -0.385. The topological polar surface area (TPSA) is 34.1 Å². The summed E-state index contributed by atoms with van der Waals surface area (Å²) in [6.45, 7) is 10.6. The van der Waals surface area contributed by atoms with Gasteiger partial charge in [-0.2, -0.15) is 13.2 Å². The van der Waals surface area contributed by atoms with Gasteiger partial charge in [0.2, 0.25) is 0 Å². The number of benzene rings is 2. The number of alkyl halides is 3. The van der Waals surface area contributed by atoms with Gasteiger partial charge in [-0.05, 0) is 87.6 Å². The first-order valence-corrected chi connectivity index (χ1v) is 10.3. The van der Waals surface area contributed by atoms with Crippen molar-refractivity contribution in [3.63, 3.8) is 0 Å². The maximum atomic E-state index is 13.3. The van der Waals surface area contributed by atoms with E-state index in [1.54, 1.807) is 32.9 Å². The van der Waals surface area contributed by atoms with Crippen LogP contribution in [0, 0.1) is 17.8 Å². The van der Waals surface area contributed by atoms with Crippen molar-refractivity contribution in [3.05, 3.63) is 63.7 Å². The van der Waals surface area contributed by atoms with Gasteiger partial charge in [0, 0.05) is 11.0 Å². The van der Waals surface area contributed by atoms with Gasteiger partial charge in [-0.15, -0.1) is 0 Å². The van der Waals surface area contributed by atoms with Crippen LogP contribution in [0.2, 0.25) is 5.02 Å². The number of carbonyl (C=O) groups excluding carboxylic acids is 2. The molecule has 0 atom stereocenters. The van der Waals surface area contributed by atoms with Gasteiger partial charge in [0.05, 0.1) is 16.0 Å². The Balaban J connectivity index is 2.21. The number of halogens is 4. The molecule has 2 aromatic rings. The van der Waals surface area contributed by atoms with Crippen LogP contribution >= 0.6 is 11.6 Å². The highest BCUT2D eigenvalue weighted by Gasteiger charge is 2.51. The molecule has 31 heavy (non-hydrogen) atoms. The van der Waals surface area contributed by atoms with Gasteiger partial charge in [0.25, 0.3) is 0 Å². The van der Waals surface area contributed by atoms with Gasteiger partial charge >= 0.3 is 6.18 Å². The largest absolute Gasteiger partial charge is 0.417 e. The molecule has 0 saturated carbocycles. The molecular formula is C25H24ClF3O2. The third kappa shape index (κ3) is 3.73. The molecule has 0 aliphatic heterocycles. The van der Waals surface area contributed by atoms with Crippen molar-refractivity contribution in [2.75, 3.05) is 0 Å². The molecule has 2 aromatic carbocycles. The summed E-state index contributed by atoms with van der Waals surface area (Å²) in [6.07, 6.45) is -4.53. The summed E-state index contributed by atoms with van der Waals surface area (Å²) in [7, 11) is 0. The molecule has 0 spiro atoms. The number of aryl methyl sites for hydroxylation is 1. The van der Waals surface area contributed by atoms with Crippen LogP contribution in [0.3, 0.4) is 0 Å². The predicted molar refractivity (Wildman–Crippen MR) is 117 cm³/mol. The fourth-order valence-electron chi connectivity index (χ4n) is 4.17. The number of carbonyl (C=O) groups is 2. The Labute approximate surface area is 185 Å². The molecule has 1 aliphatic rings. The highest BCUT2D eigenvalue weighted by atomic mass is 35.5. The van der Waals surface area contributed by atoms with Crippen molar-refractivity contribution in [2.45, 2.75) is 47.7 Å². The molecule has 0 unspecified atom stereocenters. The smallest absolute Gasteiger partial charge is 0.298 e. The van der Waals surface area contributed by atoms with Crippen molar-refractivity contribution in [3.8, 4) is 11.1 Å². The number of allylic oxidation sites excluding steroid dienone is 2. The Morgan fingerprint density at radius 1 is 0.839 bits per heavy atom. The first kappa shape index (κ1) is 23.3. The average Bonchev–Trinajstić information content (AvgIpc) is 2.66. The molecule has 0 heterocycles. The molecule has 0 bridgehead atoms. The summed E-state index contributed by atoms with van der Waals surface area (Å²) in [4.78, 5) is 26.3. The molecule has 0 radical (unpaired) electrons. The van der Waals surface area contributed by atoms with Crippen LogP contribution in [-0.2, 0) is 15.8 Å². The van der Waals surface area contributed by atoms with Crippen LogP contribution in [0.5, 0.6) is 0 Å². The minimum absolute atomic E-state index is 0.130. The molecule has 0 saturated heterocycles. The van der Waals surface area contributed by atoms with Crippen LogP contribution < -0.4 is 0 Å². The van der Waals surface area contributed by atoms with Crippen molar-refractivity contribution < 1.29 is 22.8 Å². The lowest BCUT2D eigenvalue weighted by Crippen LogP contribution is -2.47. The van der Waals surface area contributed by atoms with Gasteiger partial charge in [-0.1, -0.05) is 29.8 Å². The van der Waals surface area contributed by atoms with E-state index in [0.717, 1.165) is 11.6 Å². The Hall–Kier alpha value is -2.40. The Bertz CT molecular complexity index is 1140. The van der Waals surface area contributed by atoms with E-state index < -0.39 is 22.6 Å². The number of ketones is 2. The third-order valence-corrected chi connectivity index (χ3v) is 6.67. The van der Waals surface area contributed by atoms with Crippen LogP contribution in [0.25, 0.3) is 16.7 Å². The van der Waals surface area contributed by atoms with E-state index in [9.17, 15) is 22.8 Å². The summed E-state index contributed by atoms with van der Waals surface area (Å²) in [6, 6.07) is 8.98. The highest BCUT2D eigenvalue weighted by Crippen LogP contribution is 2.48. The first-order chi connectivity index (χ1) is 14.1. The monoisotopic (exact) mass is 448 g/mol. The van der Waals surface area contributed by atoms with E-state index in [2.05, 4.69) is 0 Å². The van der Waals surface area contributed by atoms with E-state index >= 15 is 0 Å². The van der Waals surface area contributed by atoms with E-state index in [-0.39, 0.29) is 16.6 Å². The molecule has 0 aromatic heterocycles. The predicted octanol–water partition coefficient (Wildman–Crippen LogP) is 7.31. The zero-order valence-electron chi connectivity index (χ0n) is 18.3. The highest BCUT2D eigenvalue weighted by molar-refractivity contribution is 6.34. The maximum absolute atomic E-state index is 13.3. The van der Waals surface area contributed by atoms with Crippen LogP contribution in [0.4, 0.5) is 13.2 Å². The second-order valence-corrected chi connectivity index (χ2v) is 9.54. The van der Waals surface area contributed by atoms with Crippen LogP contribution in [-0.4, -0.2) is 11.6 Å². The lowest BCUT2D eigenvalue weighted by atomic mass is 9.60. The van der Waals surface area contributed by atoms with Gasteiger partial charge in [0.15, 0.2) is 11.6 Å². The van der Waals surface area contributed by atoms with E-state index in [1.165, 1.54) is 12.1 Å². The molecule has 3 rings (SSSR count). The number of hydrogen-bond acceptors (Lipinski definition) is 2. The van der Waals surface area contributed by atoms with E-state index in [1.807, 2.05) is 26.8 Å². The minimum atomic E-state index is -4.53.